The van der Waals surface area contributed by atoms with Crippen LogP contribution >= 0.6 is 11.8 Å². The zero-order valence-corrected chi connectivity index (χ0v) is 18.8. The van der Waals surface area contributed by atoms with Gasteiger partial charge in [0.2, 0.25) is 0 Å². The van der Waals surface area contributed by atoms with E-state index >= 15 is 0 Å². The van der Waals surface area contributed by atoms with Crippen LogP contribution in [0.4, 0.5) is 5.82 Å². The molecule has 0 amide bonds. The fourth-order valence-corrected chi connectivity index (χ4v) is 4.08. The molecule has 7 heteroatoms. The van der Waals surface area contributed by atoms with Crippen LogP contribution in [0.3, 0.4) is 0 Å². The maximum atomic E-state index is 5.74. The summed E-state index contributed by atoms with van der Waals surface area (Å²) in [4.78, 5) is 14.1. The molecular weight excluding hydrogens is 382 g/mol. The molecule has 1 N–H and O–H groups in total. The maximum Gasteiger partial charge on any atom is 0.189 e. The second-order valence-corrected chi connectivity index (χ2v) is 8.27. The summed E-state index contributed by atoms with van der Waals surface area (Å²) in [6.45, 7) is 6.43. The molecule has 0 spiro atoms. The lowest BCUT2D eigenvalue weighted by Gasteiger charge is -2.36. The van der Waals surface area contributed by atoms with Crippen LogP contribution in [-0.2, 0) is 13.1 Å². The van der Waals surface area contributed by atoms with E-state index in [2.05, 4.69) is 46.3 Å². The summed E-state index contributed by atoms with van der Waals surface area (Å²) < 4.78 is 5.74. The number of benzene rings is 1. The molecule has 158 valence electrons. The molecule has 0 aliphatic carbocycles. The van der Waals surface area contributed by atoms with Gasteiger partial charge in [-0.2, -0.15) is 0 Å². The summed E-state index contributed by atoms with van der Waals surface area (Å²) in [5, 5.41) is 4.38. The van der Waals surface area contributed by atoms with Gasteiger partial charge in [0.1, 0.15) is 11.6 Å². The molecule has 6 nitrogen and oxygen atoms in total. The number of aromatic nitrogens is 2. The smallest absolute Gasteiger partial charge is 0.189 e. The van der Waals surface area contributed by atoms with Crippen LogP contribution in [0.25, 0.3) is 0 Å². The first-order valence-electron chi connectivity index (χ1n) is 10.3. The van der Waals surface area contributed by atoms with E-state index in [0.717, 1.165) is 48.5 Å². The number of nitrogens with zero attached hydrogens (tertiary/aromatic N) is 4. The van der Waals surface area contributed by atoms with Gasteiger partial charge in [-0.25, -0.2) is 9.97 Å². The largest absolute Gasteiger partial charge is 0.494 e. The minimum atomic E-state index is 0.522. The number of likely N-dealkylation sites (tertiary alicyclic amines) is 1. The number of nitrogens with one attached hydrogen (secondary N) is 1. The van der Waals surface area contributed by atoms with Crippen LogP contribution in [0.5, 0.6) is 5.75 Å². The first kappa shape index (κ1) is 21.9. The lowest BCUT2D eigenvalue weighted by Crippen LogP contribution is -2.42. The molecule has 1 aromatic heterocycles. The molecule has 1 saturated heterocycles. The highest BCUT2D eigenvalue weighted by atomic mass is 32.2. The third-order valence-corrected chi connectivity index (χ3v) is 6.04. The van der Waals surface area contributed by atoms with Crippen LogP contribution in [0, 0.1) is 0 Å². The number of anilines is 1. The molecule has 29 heavy (non-hydrogen) atoms. The van der Waals surface area contributed by atoms with Crippen LogP contribution in [0.1, 0.15) is 30.9 Å². The topological polar surface area (TPSA) is 53.5 Å². The Labute approximate surface area is 179 Å². The predicted octanol–water partition coefficient (Wildman–Crippen LogP) is 3.42. The summed E-state index contributed by atoms with van der Waals surface area (Å²) in [5.74, 6) is 1.99. The summed E-state index contributed by atoms with van der Waals surface area (Å²) in [5.41, 5.74) is 2.30. The fraction of sp³-hybridized carbons (Fsp3) is 0.545. The van der Waals surface area contributed by atoms with E-state index in [9.17, 15) is 0 Å². The van der Waals surface area contributed by atoms with E-state index in [-0.39, 0.29) is 0 Å². The van der Waals surface area contributed by atoms with Crippen molar-refractivity contribution in [3.05, 3.63) is 41.6 Å². The molecule has 1 aromatic carbocycles. The van der Waals surface area contributed by atoms with Crippen LogP contribution in [0.15, 0.2) is 35.6 Å². The number of ether oxygens (including phenoxy) is 1. The SMILES string of the molecule is CCOc1ccccc1CNCc1cnc(SC)nc1N(C)C1CCN(C)CC1. The van der Waals surface area contributed by atoms with Crippen LogP contribution in [-0.4, -0.2) is 61.0 Å². The predicted molar refractivity (Wildman–Crippen MR) is 121 cm³/mol. The minimum Gasteiger partial charge on any atom is -0.494 e. The molecule has 1 aliphatic rings. The third-order valence-electron chi connectivity index (χ3n) is 5.48. The Morgan fingerprint density at radius 2 is 1.93 bits per heavy atom. The summed E-state index contributed by atoms with van der Waals surface area (Å²) in [6.07, 6.45) is 6.33. The lowest BCUT2D eigenvalue weighted by molar-refractivity contribution is 0.252. The van der Waals surface area contributed by atoms with Gasteiger partial charge in [-0.3, -0.25) is 0 Å². The first-order chi connectivity index (χ1) is 14.1. The van der Waals surface area contributed by atoms with Crippen molar-refractivity contribution in [3.63, 3.8) is 0 Å². The van der Waals surface area contributed by atoms with E-state index in [1.165, 1.54) is 18.4 Å². The van der Waals surface area contributed by atoms with Crippen molar-refractivity contribution in [2.75, 3.05) is 44.9 Å². The standard InChI is InChI=1S/C22H33N5OS/c1-5-28-20-9-7-6-8-17(20)14-23-15-18-16-24-22(29-4)25-21(18)27(3)19-10-12-26(2)13-11-19/h6-9,16,19,23H,5,10-15H2,1-4H3. The van der Waals surface area contributed by atoms with E-state index in [1.807, 2.05) is 31.5 Å². The van der Waals surface area contributed by atoms with Gasteiger partial charge in [0, 0.05) is 43.5 Å². The molecule has 3 rings (SSSR count). The van der Waals surface area contributed by atoms with Gasteiger partial charge in [0.05, 0.1) is 6.61 Å². The molecule has 2 aromatic rings. The van der Waals surface area contributed by atoms with E-state index in [4.69, 9.17) is 9.72 Å². The van der Waals surface area contributed by atoms with Crippen molar-refractivity contribution in [3.8, 4) is 5.75 Å². The van der Waals surface area contributed by atoms with E-state index in [0.29, 0.717) is 12.6 Å². The molecule has 0 radical (unpaired) electrons. The van der Waals surface area contributed by atoms with Crippen molar-refractivity contribution in [1.29, 1.82) is 0 Å². The number of para-hydroxylation sites is 1. The molecule has 0 saturated carbocycles. The van der Waals surface area contributed by atoms with Crippen molar-refractivity contribution in [1.82, 2.24) is 20.2 Å². The highest BCUT2D eigenvalue weighted by Crippen LogP contribution is 2.25. The number of piperidine rings is 1. The third kappa shape index (κ3) is 5.84. The Morgan fingerprint density at radius 3 is 2.66 bits per heavy atom. The van der Waals surface area contributed by atoms with Gasteiger partial charge >= 0.3 is 0 Å². The van der Waals surface area contributed by atoms with E-state index < -0.39 is 0 Å². The average Bonchev–Trinajstić information content (AvgIpc) is 2.75. The minimum absolute atomic E-state index is 0.522. The zero-order valence-electron chi connectivity index (χ0n) is 18.0. The van der Waals surface area contributed by atoms with Crippen LogP contribution in [0.2, 0.25) is 0 Å². The summed E-state index contributed by atoms with van der Waals surface area (Å²) >= 11 is 1.59. The highest BCUT2D eigenvalue weighted by molar-refractivity contribution is 7.98. The van der Waals surface area contributed by atoms with Crippen molar-refractivity contribution >= 4 is 17.6 Å². The van der Waals surface area contributed by atoms with Crippen molar-refractivity contribution < 1.29 is 4.74 Å². The summed E-state index contributed by atoms with van der Waals surface area (Å²) in [6, 6.07) is 8.72. The molecule has 2 heterocycles. The van der Waals surface area contributed by atoms with Gasteiger partial charge < -0.3 is 19.9 Å². The molecule has 0 bridgehead atoms. The number of thioether (sulfide) groups is 1. The van der Waals surface area contributed by atoms with Crippen molar-refractivity contribution in [2.24, 2.45) is 0 Å². The maximum absolute atomic E-state index is 5.74. The highest BCUT2D eigenvalue weighted by Gasteiger charge is 2.23. The Balaban J connectivity index is 1.70. The molecule has 1 fully saturated rings. The van der Waals surface area contributed by atoms with Gasteiger partial charge in [0.25, 0.3) is 0 Å². The summed E-state index contributed by atoms with van der Waals surface area (Å²) in [7, 11) is 4.37. The molecule has 0 unspecified atom stereocenters. The van der Waals surface area contributed by atoms with E-state index in [1.54, 1.807) is 11.8 Å². The lowest BCUT2D eigenvalue weighted by atomic mass is 10.0. The monoisotopic (exact) mass is 415 g/mol. The number of rotatable bonds is 9. The van der Waals surface area contributed by atoms with Crippen LogP contribution < -0.4 is 15.0 Å². The van der Waals surface area contributed by atoms with Gasteiger partial charge in [0.15, 0.2) is 5.16 Å². The zero-order chi connectivity index (χ0) is 20.6. The molecular formula is C22H33N5OS. The second-order valence-electron chi connectivity index (χ2n) is 7.50. The van der Waals surface area contributed by atoms with Gasteiger partial charge in [-0.05, 0) is 52.2 Å². The van der Waals surface area contributed by atoms with Gasteiger partial charge in [-0.1, -0.05) is 30.0 Å². The Kier molecular flexibility index (Phi) is 8.15. The molecule has 0 atom stereocenters. The average molecular weight is 416 g/mol. The fourth-order valence-electron chi connectivity index (χ4n) is 3.74. The normalized spacial score (nSPS) is 15.4. The first-order valence-corrected chi connectivity index (χ1v) is 11.6. The second kappa shape index (κ2) is 10.8. The van der Waals surface area contributed by atoms with Gasteiger partial charge in [-0.15, -0.1) is 0 Å². The quantitative estimate of drug-likeness (QED) is 0.497. The molecule has 1 aliphatic heterocycles. The number of hydrogen-bond donors (Lipinski definition) is 1. The Hall–Kier alpha value is -1.83. The Bertz CT molecular complexity index is 780. The van der Waals surface area contributed by atoms with Crippen molar-refractivity contribution in [2.45, 2.75) is 44.1 Å². The Morgan fingerprint density at radius 1 is 1.21 bits per heavy atom. The number of hydrogen-bond acceptors (Lipinski definition) is 7.